The summed E-state index contributed by atoms with van der Waals surface area (Å²) in [6, 6.07) is 13.6. The molecule has 0 aliphatic carbocycles. The van der Waals surface area contributed by atoms with Gasteiger partial charge < -0.3 is 14.7 Å². The maximum Gasteiger partial charge on any atom is 0.222 e. The normalized spacial score (nSPS) is 16.6. The van der Waals surface area contributed by atoms with Crippen LogP contribution in [0.15, 0.2) is 47.8 Å². The fourth-order valence-corrected chi connectivity index (χ4v) is 4.05. The minimum Gasteiger partial charge on any atom is -0.494 e. The van der Waals surface area contributed by atoms with E-state index in [1.165, 1.54) is 0 Å². The summed E-state index contributed by atoms with van der Waals surface area (Å²) in [7, 11) is 0. The van der Waals surface area contributed by atoms with Crippen LogP contribution in [0, 0.1) is 5.92 Å². The average Bonchev–Trinajstić information content (AvgIpc) is 3.20. The third-order valence-electron chi connectivity index (χ3n) is 4.72. The van der Waals surface area contributed by atoms with E-state index in [-0.39, 0.29) is 11.8 Å². The number of aliphatic hydroxyl groups excluding tert-OH is 1. The van der Waals surface area contributed by atoms with E-state index in [4.69, 9.17) is 4.74 Å². The molecule has 1 aromatic carbocycles. The predicted molar refractivity (Wildman–Crippen MR) is 99.8 cm³/mol. The van der Waals surface area contributed by atoms with Gasteiger partial charge in [0.15, 0.2) is 0 Å². The van der Waals surface area contributed by atoms with Crippen molar-refractivity contribution in [2.75, 3.05) is 19.7 Å². The molecule has 1 unspecified atom stereocenters. The molecule has 1 aromatic heterocycles. The zero-order valence-corrected chi connectivity index (χ0v) is 15.2. The lowest BCUT2D eigenvalue weighted by Crippen LogP contribution is -2.39. The third-order valence-corrected chi connectivity index (χ3v) is 5.66. The number of nitrogens with zero attached hydrogens (tertiary/aromatic N) is 1. The second-order valence-electron chi connectivity index (χ2n) is 6.44. The molecule has 0 spiro atoms. The molecule has 25 heavy (non-hydrogen) atoms. The maximum absolute atomic E-state index is 12.3. The van der Waals surface area contributed by atoms with Gasteiger partial charge in [-0.1, -0.05) is 24.3 Å². The van der Waals surface area contributed by atoms with E-state index in [0.29, 0.717) is 13.0 Å². The third kappa shape index (κ3) is 5.06. The van der Waals surface area contributed by atoms with Crippen molar-refractivity contribution in [3.05, 3.63) is 52.7 Å². The Morgan fingerprint density at radius 2 is 1.96 bits per heavy atom. The Kier molecular flexibility index (Phi) is 6.48. The minimum atomic E-state index is -0.392. The quantitative estimate of drug-likeness (QED) is 0.763. The number of hydrogen-bond donors (Lipinski definition) is 1. The van der Waals surface area contributed by atoms with Crippen molar-refractivity contribution in [3.8, 4) is 5.75 Å². The summed E-state index contributed by atoms with van der Waals surface area (Å²) >= 11 is 1.60. The molecule has 2 heterocycles. The van der Waals surface area contributed by atoms with Gasteiger partial charge in [0.05, 0.1) is 12.7 Å². The molecule has 0 radical (unpaired) electrons. The fourth-order valence-electron chi connectivity index (χ4n) is 3.24. The van der Waals surface area contributed by atoms with E-state index in [1.54, 1.807) is 11.3 Å². The first-order valence-corrected chi connectivity index (χ1v) is 9.79. The van der Waals surface area contributed by atoms with E-state index < -0.39 is 6.10 Å². The van der Waals surface area contributed by atoms with Gasteiger partial charge in [-0.2, -0.15) is 0 Å². The van der Waals surface area contributed by atoms with Gasteiger partial charge in [-0.05, 0) is 48.8 Å². The summed E-state index contributed by atoms with van der Waals surface area (Å²) < 4.78 is 5.63. The van der Waals surface area contributed by atoms with Crippen molar-refractivity contribution >= 4 is 17.2 Å². The number of likely N-dealkylation sites (tertiary alicyclic amines) is 1. The first kappa shape index (κ1) is 18.0. The van der Waals surface area contributed by atoms with E-state index in [1.807, 2.05) is 52.7 Å². The Morgan fingerprint density at radius 3 is 2.64 bits per heavy atom. The topological polar surface area (TPSA) is 49.8 Å². The molecule has 1 aliphatic rings. The van der Waals surface area contributed by atoms with E-state index in [2.05, 4.69) is 0 Å². The number of hydrogen-bond acceptors (Lipinski definition) is 4. The van der Waals surface area contributed by atoms with E-state index in [0.717, 1.165) is 43.0 Å². The molecule has 0 bridgehead atoms. The molecular weight excluding hydrogens is 334 g/mol. The van der Waals surface area contributed by atoms with Crippen molar-refractivity contribution in [1.82, 2.24) is 4.90 Å². The number of aliphatic hydroxyl groups is 1. The Bertz CT molecular complexity index is 636. The lowest BCUT2D eigenvalue weighted by Gasteiger charge is -2.34. The van der Waals surface area contributed by atoms with Gasteiger partial charge in [-0.15, -0.1) is 11.3 Å². The molecule has 1 N–H and O–H groups in total. The van der Waals surface area contributed by atoms with Crippen LogP contribution in [0.1, 0.15) is 36.7 Å². The fraction of sp³-hybridized carbons (Fsp3) is 0.450. The van der Waals surface area contributed by atoms with E-state index in [9.17, 15) is 9.90 Å². The number of benzene rings is 1. The van der Waals surface area contributed by atoms with Gasteiger partial charge in [-0.3, -0.25) is 4.79 Å². The van der Waals surface area contributed by atoms with Crippen molar-refractivity contribution in [2.45, 2.75) is 31.8 Å². The number of piperidine rings is 1. The highest BCUT2D eigenvalue weighted by atomic mass is 32.1. The maximum atomic E-state index is 12.3. The number of carbonyl (C=O) groups is 1. The standard InChI is InChI=1S/C20H25NO3S/c22-19(9-4-14-24-17-6-2-1-3-7-17)21-12-10-16(11-13-21)20(23)18-8-5-15-25-18/h1-3,5-8,15-16,20,23H,4,9-14H2. The van der Waals surface area contributed by atoms with Gasteiger partial charge in [0.25, 0.3) is 0 Å². The second-order valence-corrected chi connectivity index (χ2v) is 7.42. The molecule has 4 nitrogen and oxygen atoms in total. The number of rotatable bonds is 7. The molecular formula is C20H25NO3S. The highest BCUT2D eigenvalue weighted by Gasteiger charge is 2.28. The van der Waals surface area contributed by atoms with Crippen LogP contribution >= 0.6 is 11.3 Å². The van der Waals surface area contributed by atoms with Crippen LogP contribution in [0.5, 0.6) is 5.75 Å². The van der Waals surface area contributed by atoms with Crippen molar-refractivity contribution in [1.29, 1.82) is 0 Å². The molecule has 5 heteroatoms. The molecule has 0 saturated carbocycles. The first-order valence-electron chi connectivity index (χ1n) is 8.91. The molecule has 1 amide bonds. The van der Waals surface area contributed by atoms with Crippen LogP contribution in [0.3, 0.4) is 0 Å². The zero-order valence-electron chi connectivity index (χ0n) is 14.3. The monoisotopic (exact) mass is 359 g/mol. The smallest absolute Gasteiger partial charge is 0.222 e. The number of carbonyl (C=O) groups excluding carboxylic acids is 1. The number of amides is 1. The summed E-state index contributed by atoms with van der Waals surface area (Å²) in [4.78, 5) is 15.3. The van der Waals surface area contributed by atoms with Gasteiger partial charge in [0.2, 0.25) is 5.91 Å². The molecule has 2 aromatic rings. The molecule has 1 saturated heterocycles. The zero-order chi connectivity index (χ0) is 17.5. The summed E-state index contributed by atoms with van der Waals surface area (Å²) in [5.41, 5.74) is 0. The lowest BCUT2D eigenvalue weighted by molar-refractivity contribution is -0.133. The Hall–Kier alpha value is -1.85. The van der Waals surface area contributed by atoms with Crippen LogP contribution in [0.4, 0.5) is 0 Å². The van der Waals surface area contributed by atoms with Crippen molar-refractivity contribution in [3.63, 3.8) is 0 Å². The van der Waals surface area contributed by atoms with Crippen LogP contribution in [-0.2, 0) is 4.79 Å². The molecule has 3 rings (SSSR count). The Balaban J connectivity index is 1.35. The second kappa shape index (κ2) is 9.02. The lowest BCUT2D eigenvalue weighted by atomic mass is 9.90. The summed E-state index contributed by atoms with van der Waals surface area (Å²) in [6.45, 7) is 2.04. The number of thiophene rings is 1. The molecule has 1 atom stereocenters. The SMILES string of the molecule is O=C(CCCOc1ccccc1)N1CCC(C(O)c2cccs2)CC1. The van der Waals surface area contributed by atoms with Crippen molar-refractivity contribution < 1.29 is 14.6 Å². The van der Waals surface area contributed by atoms with Crippen LogP contribution < -0.4 is 4.74 Å². The van der Waals surface area contributed by atoms with E-state index >= 15 is 0 Å². The van der Waals surface area contributed by atoms with Crippen LogP contribution in [-0.4, -0.2) is 35.6 Å². The summed E-state index contributed by atoms with van der Waals surface area (Å²) in [5, 5.41) is 12.4. The largest absolute Gasteiger partial charge is 0.494 e. The highest BCUT2D eigenvalue weighted by Crippen LogP contribution is 2.33. The highest BCUT2D eigenvalue weighted by molar-refractivity contribution is 7.10. The molecule has 134 valence electrons. The first-order chi connectivity index (χ1) is 12.2. The molecule has 1 fully saturated rings. The van der Waals surface area contributed by atoms with Crippen LogP contribution in [0.2, 0.25) is 0 Å². The Labute approximate surface area is 153 Å². The molecule has 1 aliphatic heterocycles. The van der Waals surface area contributed by atoms with Crippen molar-refractivity contribution in [2.24, 2.45) is 5.92 Å². The average molecular weight is 359 g/mol. The number of ether oxygens (including phenoxy) is 1. The number of para-hydroxylation sites is 1. The summed E-state index contributed by atoms with van der Waals surface area (Å²) in [6.07, 6.45) is 2.59. The Morgan fingerprint density at radius 1 is 1.20 bits per heavy atom. The predicted octanol–water partition coefficient (Wildman–Crippen LogP) is 3.88. The van der Waals surface area contributed by atoms with Crippen LogP contribution in [0.25, 0.3) is 0 Å². The van der Waals surface area contributed by atoms with Gasteiger partial charge in [0.1, 0.15) is 5.75 Å². The summed E-state index contributed by atoms with van der Waals surface area (Å²) in [5.74, 6) is 1.29. The van der Waals surface area contributed by atoms with Gasteiger partial charge in [0, 0.05) is 24.4 Å². The van der Waals surface area contributed by atoms with Gasteiger partial charge in [-0.25, -0.2) is 0 Å². The minimum absolute atomic E-state index is 0.195. The van der Waals surface area contributed by atoms with Gasteiger partial charge >= 0.3 is 0 Å².